The smallest absolute Gasteiger partial charge is 0.257 e. The molecular formula is C18H18N4O3S2. The van der Waals surface area contributed by atoms with Crippen molar-refractivity contribution in [2.24, 2.45) is 0 Å². The monoisotopic (exact) mass is 402 g/mol. The van der Waals surface area contributed by atoms with Crippen LogP contribution in [0.3, 0.4) is 0 Å². The van der Waals surface area contributed by atoms with Gasteiger partial charge in [-0.1, -0.05) is 47.7 Å². The largest absolute Gasteiger partial charge is 0.296 e. The van der Waals surface area contributed by atoms with Crippen LogP contribution in [0.5, 0.6) is 0 Å². The molecule has 0 fully saturated rings. The number of carbonyl (C=O) groups is 1. The molecule has 0 aliphatic rings. The molecule has 7 nitrogen and oxygen atoms in total. The van der Waals surface area contributed by atoms with Gasteiger partial charge in [0.15, 0.2) is 0 Å². The molecule has 1 aromatic heterocycles. The van der Waals surface area contributed by atoms with Crippen LogP contribution < -0.4 is 9.62 Å². The van der Waals surface area contributed by atoms with Gasteiger partial charge in [-0.05, 0) is 24.6 Å². The first kappa shape index (κ1) is 19.0. The Bertz CT molecular complexity index is 1080. The molecule has 1 heterocycles. The molecule has 0 aliphatic carbocycles. The van der Waals surface area contributed by atoms with E-state index in [1.54, 1.807) is 25.1 Å². The Morgan fingerprint density at radius 1 is 1.11 bits per heavy atom. The normalized spacial score (nSPS) is 11.2. The second-order valence-electron chi connectivity index (χ2n) is 5.96. The van der Waals surface area contributed by atoms with Gasteiger partial charge in [0.1, 0.15) is 5.01 Å². The van der Waals surface area contributed by atoms with Crippen molar-refractivity contribution in [2.45, 2.75) is 6.92 Å². The minimum Gasteiger partial charge on any atom is -0.296 e. The highest BCUT2D eigenvalue weighted by atomic mass is 32.2. The number of sulfonamides is 1. The number of nitrogens with zero attached hydrogens (tertiary/aromatic N) is 3. The van der Waals surface area contributed by atoms with Crippen LogP contribution in [0.4, 0.5) is 10.8 Å². The summed E-state index contributed by atoms with van der Waals surface area (Å²) in [6.07, 6.45) is 1.12. The summed E-state index contributed by atoms with van der Waals surface area (Å²) in [6, 6.07) is 14.5. The first-order valence-electron chi connectivity index (χ1n) is 8.00. The average molecular weight is 403 g/mol. The van der Waals surface area contributed by atoms with Crippen LogP contribution in [0.1, 0.15) is 15.9 Å². The molecule has 9 heteroatoms. The number of carbonyl (C=O) groups excluding carboxylic acids is 1. The van der Waals surface area contributed by atoms with E-state index < -0.39 is 10.0 Å². The predicted molar refractivity (Wildman–Crippen MR) is 108 cm³/mol. The fourth-order valence-electron chi connectivity index (χ4n) is 2.41. The first-order valence-corrected chi connectivity index (χ1v) is 10.7. The lowest BCUT2D eigenvalue weighted by Crippen LogP contribution is -2.26. The van der Waals surface area contributed by atoms with Crippen LogP contribution in [0, 0.1) is 6.92 Å². The third-order valence-electron chi connectivity index (χ3n) is 3.97. The highest BCUT2D eigenvalue weighted by Gasteiger charge is 2.17. The number of benzene rings is 2. The zero-order valence-electron chi connectivity index (χ0n) is 15.0. The van der Waals surface area contributed by atoms with Gasteiger partial charge >= 0.3 is 0 Å². The Labute approximate surface area is 161 Å². The molecule has 3 aromatic rings. The summed E-state index contributed by atoms with van der Waals surface area (Å²) in [5, 5.41) is 11.9. The maximum Gasteiger partial charge on any atom is 0.257 e. The van der Waals surface area contributed by atoms with Crippen LogP contribution in [0.25, 0.3) is 10.6 Å². The van der Waals surface area contributed by atoms with E-state index in [1.165, 1.54) is 18.4 Å². The fraction of sp³-hybridized carbons (Fsp3) is 0.167. The third-order valence-corrected chi connectivity index (χ3v) is 6.05. The lowest BCUT2D eigenvalue weighted by molar-refractivity contribution is 0.102. The summed E-state index contributed by atoms with van der Waals surface area (Å²) in [5.41, 5.74) is 2.46. The van der Waals surface area contributed by atoms with Crippen molar-refractivity contribution in [3.05, 3.63) is 59.7 Å². The molecule has 0 spiro atoms. The van der Waals surface area contributed by atoms with E-state index in [-0.39, 0.29) is 5.91 Å². The molecule has 0 aliphatic heterocycles. The number of hydrogen-bond donors (Lipinski definition) is 1. The molecule has 0 saturated carbocycles. The molecule has 27 heavy (non-hydrogen) atoms. The molecule has 2 aromatic carbocycles. The number of anilines is 2. The summed E-state index contributed by atoms with van der Waals surface area (Å²) in [5.74, 6) is -0.381. The SMILES string of the molecule is Cc1ccc(C(=O)Nc2nnc(-c3ccccc3)s2)cc1N(C)S(C)(=O)=O. The first-order chi connectivity index (χ1) is 12.8. The molecule has 0 atom stereocenters. The van der Waals surface area contributed by atoms with Crippen molar-refractivity contribution < 1.29 is 13.2 Å². The standard InChI is InChI=1S/C18H18N4O3S2/c1-12-9-10-14(11-15(12)22(2)27(3,24)25)16(23)19-18-21-20-17(26-18)13-7-5-4-6-8-13/h4-11H,1-3H3,(H,19,21,23). The summed E-state index contributed by atoms with van der Waals surface area (Å²) < 4.78 is 24.8. The maximum atomic E-state index is 12.6. The van der Waals surface area contributed by atoms with Crippen molar-refractivity contribution in [1.82, 2.24) is 10.2 Å². The summed E-state index contributed by atoms with van der Waals surface area (Å²) in [4.78, 5) is 12.6. The minimum atomic E-state index is -3.43. The second-order valence-corrected chi connectivity index (χ2v) is 8.96. The minimum absolute atomic E-state index is 0.336. The van der Waals surface area contributed by atoms with Crippen molar-refractivity contribution >= 4 is 38.1 Å². The maximum absolute atomic E-state index is 12.6. The number of hydrogen-bond acceptors (Lipinski definition) is 6. The second kappa shape index (κ2) is 7.45. The number of amides is 1. The Kier molecular flexibility index (Phi) is 5.24. The quantitative estimate of drug-likeness (QED) is 0.708. The Balaban J connectivity index is 1.82. The van der Waals surface area contributed by atoms with Crippen molar-refractivity contribution in [2.75, 3.05) is 22.9 Å². The molecule has 140 valence electrons. The van der Waals surface area contributed by atoms with Crippen LogP contribution >= 0.6 is 11.3 Å². The van der Waals surface area contributed by atoms with Crippen molar-refractivity contribution in [3.8, 4) is 10.6 Å². The Morgan fingerprint density at radius 2 is 1.81 bits per heavy atom. The number of aryl methyl sites for hydroxylation is 1. The highest BCUT2D eigenvalue weighted by molar-refractivity contribution is 7.92. The van der Waals surface area contributed by atoms with Gasteiger partial charge in [0.2, 0.25) is 15.2 Å². The molecule has 0 unspecified atom stereocenters. The number of aromatic nitrogens is 2. The van der Waals surface area contributed by atoms with Gasteiger partial charge in [-0.2, -0.15) is 0 Å². The van der Waals surface area contributed by atoms with E-state index in [1.807, 2.05) is 30.3 Å². The molecular weight excluding hydrogens is 384 g/mol. The van der Waals surface area contributed by atoms with Gasteiger partial charge in [-0.25, -0.2) is 8.42 Å². The van der Waals surface area contributed by atoms with E-state index in [9.17, 15) is 13.2 Å². The van der Waals surface area contributed by atoms with Crippen LogP contribution in [0.15, 0.2) is 48.5 Å². The van der Waals surface area contributed by atoms with Gasteiger partial charge in [0, 0.05) is 18.2 Å². The molecule has 0 radical (unpaired) electrons. The molecule has 1 N–H and O–H groups in total. The number of nitrogens with one attached hydrogen (secondary N) is 1. The predicted octanol–water partition coefficient (Wildman–Crippen LogP) is 3.16. The average Bonchev–Trinajstić information content (AvgIpc) is 3.10. The van der Waals surface area contributed by atoms with Gasteiger partial charge in [-0.3, -0.25) is 14.4 Å². The zero-order chi connectivity index (χ0) is 19.6. The fourth-order valence-corrected chi connectivity index (χ4v) is 3.71. The third kappa shape index (κ3) is 4.32. The zero-order valence-corrected chi connectivity index (χ0v) is 16.6. The Morgan fingerprint density at radius 3 is 2.48 bits per heavy atom. The lowest BCUT2D eigenvalue weighted by atomic mass is 10.1. The summed E-state index contributed by atoms with van der Waals surface area (Å²) in [6.45, 7) is 1.79. The van der Waals surface area contributed by atoms with Gasteiger partial charge in [0.25, 0.3) is 5.91 Å². The lowest BCUT2D eigenvalue weighted by Gasteiger charge is -2.19. The van der Waals surface area contributed by atoms with E-state index in [0.717, 1.165) is 21.7 Å². The number of rotatable bonds is 5. The van der Waals surface area contributed by atoms with Gasteiger partial charge in [0.05, 0.1) is 11.9 Å². The summed E-state index contributed by atoms with van der Waals surface area (Å²) >= 11 is 1.27. The molecule has 1 amide bonds. The van der Waals surface area contributed by atoms with E-state index in [4.69, 9.17) is 0 Å². The van der Waals surface area contributed by atoms with E-state index in [0.29, 0.717) is 21.4 Å². The highest BCUT2D eigenvalue weighted by Crippen LogP contribution is 2.27. The van der Waals surface area contributed by atoms with Crippen molar-refractivity contribution in [3.63, 3.8) is 0 Å². The van der Waals surface area contributed by atoms with Crippen LogP contribution in [0.2, 0.25) is 0 Å². The van der Waals surface area contributed by atoms with Crippen molar-refractivity contribution in [1.29, 1.82) is 0 Å². The van der Waals surface area contributed by atoms with Crippen LogP contribution in [-0.2, 0) is 10.0 Å². The van der Waals surface area contributed by atoms with E-state index in [2.05, 4.69) is 15.5 Å². The molecule has 0 saturated heterocycles. The van der Waals surface area contributed by atoms with E-state index >= 15 is 0 Å². The molecule has 3 rings (SSSR count). The van der Waals surface area contributed by atoms with Gasteiger partial charge in [-0.15, -0.1) is 10.2 Å². The van der Waals surface area contributed by atoms with Gasteiger partial charge < -0.3 is 0 Å². The topological polar surface area (TPSA) is 92.3 Å². The van der Waals surface area contributed by atoms with Crippen LogP contribution in [-0.4, -0.2) is 37.8 Å². The summed E-state index contributed by atoms with van der Waals surface area (Å²) in [7, 11) is -1.97. The Hall–Kier alpha value is -2.78. The molecule has 0 bridgehead atoms.